The fourth-order valence-electron chi connectivity index (χ4n) is 3.33. The van der Waals surface area contributed by atoms with Crippen molar-refractivity contribution >= 4 is 23.2 Å². The van der Waals surface area contributed by atoms with Crippen LogP contribution in [0.3, 0.4) is 0 Å². The van der Waals surface area contributed by atoms with Crippen molar-refractivity contribution in [2.24, 2.45) is 7.05 Å². The van der Waals surface area contributed by atoms with Gasteiger partial charge in [-0.05, 0) is 54.8 Å². The van der Waals surface area contributed by atoms with Crippen LogP contribution in [0.2, 0.25) is 0 Å². The first-order chi connectivity index (χ1) is 14.4. The number of amides is 1. The van der Waals surface area contributed by atoms with E-state index in [9.17, 15) is 9.18 Å². The fraction of sp³-hybridized carbons (Fsp3) is 0.300. The molecule has 154 valence electrons. The summed E-state index contributed by atoms with van der Waals surface area (Å²) < 4.78 is 13.5. The van der Waals surface area contributed by atoms with Gasteiger partial charge < -0.3 is 10.2 Å². The molecule has 0 saturated heterocycles. The Morgan fingerprint density at radius 2 is 2.00 bits per heavy atom. The van der Waals surface area contributed by atoms with E-state index in [1.54, 1.807) is 26.2 Å². The Bertz CT molecular complexity index is 1100. The average molecular weight is 408 g/mol. The third-order valence-corrected chi connectivity index (χ3v) is 4.91. The number of rotatable bonds is 4. The van der Waals surface area contributed by atoms with Crippen molar-refractivity contribution in [2.45, 2.75) is 20.3 Å². The minimum absolute atomic E-state index is 0.233. The fourth-order valence-corrected chi connectivity index (χ4v) is 3.33. The van der Waals surface area contributed by atoms with E-state index < -0.39 is 11.7 Å². The molecule has 0 bridgehead atoms. The lowest BCUT2D eigenvalue weighted by Gasteiger charge is -2.28. The summed E-state index contributed by atoms with van der Waals surface area (Å²) in [5, 5.41) is 14.9. The number of hydrogen-bond donors (Lipinski definition) is 1. The van der Waals surface area contributed by atoms with E-state index in [0.717, 1.165) is 24.2 Å². The van der Waals surface area contributed by atoms with E-state index in [4.69, 9.17) is 0 Å². The van der Waals surface area contributed by atoms with Crippen LogP contribution in [-0.4, -0.2) is 49.2 Å². The van der Waals surface area contributed by atoms with Gasteiger partial charge >= 0.3 is 0 Å². The normalized spacial score (nSPS) is 14.2. The number of halogens is 1. The number of hydrogen-bond acceptors (Lipinski definition) is 7. The molecule has 1 amide bonds. The lowest BCUT2D eigenvalue weighted by molar-refractivity contribution is 0.102. The van der Waals surface area contributed by atoms with E-state index in [0.29, 0.717) is 23.9 Å². The highest BCUT2D eigenvalue weighted by Gasteiger charge is 2.22. The van der Waals surface area contributed by atoms with Gasteiger partial charge in [-0.3, -0.25) is 9.78 Å². The second-order valence-electron chi connectivity index (χ2n) is 7.27. The van der Waals surface area contributed by atoms with E-state index in [1.165, 1.54) is 28.7 Å². The molecule has 0 unspecified atom stereocenters. The van der Waals surface area contributed by atoms with Gasteiger partial charge in [0.2, 0.25) is 0 Å². The Morgan fingerprint density at radius 1 is 1.17 bits per heavy atom. The van der Waals surface area contributed by atoms with Crippen molar-refractivity contribution in [3.05, 3.63) is 58.8 Å². The summed E-state index contributed by atoms with van der Waals surface area (Å²) in [5.74, 6) is -0.0204. The first-order valence-corrected chi connectivity index (χ1v) is 9.47. The van der Waals surface area contributed by atoms with Gasteiger partial charge in [-0.15, -0.1) is 5.10 Å². The molecule has 1 N–H and O–H groups in total. The number of aryl methyl sites for hydroxylation is 2. The molecule has 1 aromatic carbocycles. The van der Waals surface area contributed by atoms with E-state index in [2.05, 4.69) is 37.6 Å². The summed E-state index contributed by atoms with van der Waals surface area (Å²) in [6.45, 7) is 5.20. The molecular weight excluding hydrogens is 387 g/mol. The zero-order valence-corrected chi connectivity index (χ0v) is 16.9. The topological polar surface area (TPSA) is 102 Å². The minimum atomic E-state index is -0.455. The van der Waals surface area contributed by atoms with E-state index in [-0.39, 0.29) is 5.56 Å². The first kappa shape index (κ1) is 19.6. The van der Waals surface area contributed by atoms with Gasteiger partial charge in [-0.25, -0.2) is 9.37 Å². The lowest BCUT2D eigenvalue weighted by atomic mass is 9.99. The van der Waals surface area contributed by atoms with Gasteiger partial charge in [0.05, 0.1) is 25.1 Å². The maximum Gasteiger partial charge on any atom is 0.266 e. The predicted molar refractivity (Wildman–Crippen MR) is 109 cm³/mol. The van der Waals surface area contributed by atoms with Gasteiger partial charge in [0.25, 0.3) is 11.9 Å². The molecule has 1 aliphatic heterocycles. The summed E-state index contributed by atoms with van der Waals surface area (Å²) in [5.41, 5.74) is 3.89. The Kier molecular flexibility index (Phi) is 5.21. The second kappa shape index (κ2) is 7.97. The maximum absolute atomic E-state index is 13.5. The second-order valence-corrected chi connectivity index (χ2v) is 7.27. The summed E-state index contributed by atoms with van der Waals surface area (Å²) in [7, 11) is 1.73. The molecule has 3 aromatic rings. The van der Waals surface area contributed by atoms with Crippen molar-refractivity contribution in [2.75, 3.05) is 23.3 Å². The van der Waals surface area contributed by atoms with Crippen LogP contribution in [0, 0.1) is 12.7 Å². The third kappa shape index (κ3) is 4.17. The number of aromatic nitrogens is 6. The summed E-state index contributed by atoms with van der Waals surface area (Å²) in [4.78, 5) is 24.6. The third-order valence-electron chi connectivity index (χ3n) is 4.91. The van der Waals surface area contributed by atoms with Gasteiger partial charge in [0.15, 0.2) is 5.82 Å². The Balaban J connectivity index is 1.49. The molecule has 10 heteroatoms. The van der Waals surface area contributed by atoms with Crippen LogP contribution in [0.15, 0.2) is 36.2 Å². The molecule has 0 saturated carbocycles. The molecular formula is C20H21FN8O. The van der Waals surface area contributed by atoms with E-state index >= 15 is 0 Å². The highest BCUT2D eigenvalue weighted by Crippen LogP contribution is 2.27. The molecule has 4 rings (SSSR count). The molecule has 30 heavy (non-hydrogen) atoms. The number of nitrogens with one attached hydrogen (secondary N) is 1. The van der Waals surface area contributed by atoms with Crippen molar-refractivity contribution in [1.82, 2.24) is 30.2 Å². The van der Waals surface area contributed by atoms with Crippen LogP contribution in [0.1, 0.15) is 35.0 Å². The molecule has 0 spiro atoms. The summed E-state index contributed by atoms with van der Waals surface area (Å²) >= 11 is 0. The maximum atomic E-state index is 13.5. The van der Waals surface area contributed by atoms with Gasteiger partial charge in [0.1, 0.15) is 5.82 Å². The van der Waals surface area contributed by atoms with Gasteiger partial charge in [0, 0.05) is 18.7 Å². The van der Waals surface area contributed by atoms with Crippen LogP contribution in [0.5, 0.6) is 0 Å². The highest BCUT2D eigenvalue weighted by molar-refractivity contribution is 6.03. The zero-order valence-electron chi connectivity index (χ0n) is 16.9. The SMILES string of the molecule is CC1=C(c2cnc(NC(=O)c3cc(C)cc(F)c3)cn2)CN(c2nnn(C)n2)CC1. The molecule has 0 aliphatic carbocycles. The van der Waals surface area contributed by atoms with Crippen molar-refractivity contribution in [3.63, 3.8) is 0 Å². The van der Waals surface area contributed by atoms with Crippen LogP contribution in [-0.2, 0) is 7.05 Å². The van der Waals surface area contributed by atoms with Crippen molar-refractivity contribution in [3.8, 4) is 0 Å². The molecule has 3 heterocycles. The predicted octanol–water partition coefficient (Wildman–Crippen LogP) is 2.38. The number of benzene rings is 1. The smallest absolute Gasteiger partial charge is 0.266 e. The molecule has 0 fully saturated rings. The largest absolute Gasteiger partial charge is 0.333 e. The summed E-state index contributed by atoms with van der Waals surface area (Å²) in [6.07, 6.45) is 3.98. The molecule has 2 aromatic heterocycles. The quantitative estimate of drug-likeness (QED) is 0.707. The van der Waals surface area contributed by atoms with Gasteiger partial charge in [-0.1, -0.05) is 10.7 Å². The molecule has 0 radical (unpaired) electrons. The van der Waals surface area contributed by atoms with Gasteiger partial charge in [-0.2, -0.15) is 4.80 Å². The van der Waals surface area contributed by atoms with Crippen LogP contribution in [0.25, 0.3) is 5.57 Å². The Labute approximate surface area is 172 Å². The first-order valence-electron chi connectivity index (χ1n) is 9.47. The number of anilines is 2. The van der Waals surface area contributed by atoms with Crippen LogP contribution < -0.4 is 10.2 Å². The zero-order chi connectivity index (χ0) is 21.3. The number of carbonyl (C=O) groups excluding carboxylic acids is 1. The Hall–Kier alpha value is -3.69. The average Bonchev–Trinajstić information content (AvgIpc) is 3.14. The van der Waals surface area contributed by atoms with Crippen LogP contribution >= 0.6 is 0 Å². The number of tetrazole rings is 1. The monoisotopic (exact) mass is 408 g/mol. The minimum Gasteiger partial charge on any atom is -0.333 e. The van der Waals surface area contributed by atoms with Crippen LogP contribution in [0.4, 0.5) is 16.2 Å². The van der Waals surface area contributed by atoms with E-state index in [1.807, 2.05) is 4.90 Å². The standard InChI is InChI=1S/C20H21FN8O/c1-12-6-14(8-15(21)7-12)19(30)24-18-10-22-17(9-23-18)16-11-29(5-4-13(16)2)20-25-27-28(3)26-20/h6-10H,4-5,11H2,1-3H3,(H,23,24,30). The molecule has 9 nitrogen and oxygen atoms in total. The summed E-state index contributed by atoms with van der Waals surface area (Å²) in [6, 6.07) is 4.17. The molecule has 1 aliphatic rings. The highest BCUT2D eigenvalue weighted by atomic mass is 19.1. The lowest BCUT2D eigenvalue weighted by Crippen LogP contribution is -2.32. The number of nitrogens with zero attached hydrogens (tertiary/aromatic N) is 7. The Morgan fingerprint density at radius 3 is 2.67 bits per heavy atom. The number of carbonyl (C=O) groups is 1. The van der Waals surface area contributed by atoms with Crippen molar-refractivity contribution in [1.29, 1.82) is 0 Å². The van der Waals surface area contributed by atoms with Crippen molar-refractivity contribution < 1.29 is 9.18 Å². The molecule has 0 atom stereocenters.